The van der Waals surface area contributed by atoms with Gasteiger partial charge in [0.15, 0.2) is 5.96 Å². The van der Waals surface area contributed by atoms with Crippen LogP contribution in [0, 0.1) is 18.3 Å². The van der Waals surface area contributed by atoms with Gasteiger partial charge in [-0.1, -0.05) is 30.3 Å². The van der Waals surface area contributed by atoms with Crippen LogP contribution in [-0.2, 0) is 11.2 Å². The number of hydrogen-bond donors (Lipinski definition) is 2. The summed E-state index contributed by atoms with van der Waals surface area (Å²) in [4.78, 5) is 4.38. The van der Waals surface area contributed by atoms with E-state index in [1.165, 1.54) is 11.1 Å². The van der Waals surface area contributed by atoms with Gasteiger partial charge in [-0.05, 0) is 67.5 Å². The first-order chi connectivity index (χ1) is 13.6. The first kappa shape index (κ1) is 19.9. The van der Waals surface area contributed by atoms with E-state index in [0.29, 0.717) is 24.7 Å². The second-order valence-electron chi connectivity index (χ2n) is 7.25. The van der Waals surface area contributed by atoms with Crippen LogP contribution in [0.1, 0.15) is 36.5 Å². The molecule has 5 nitrogen and oxygen atoms in total. The molecule has 0 amide bonds. The van der Waals surface area contributed by atoms with Gasteiger partial charge in [-0.3, -0.25) is 4.99 Å². The summed E-state index contributed by atoms with van der Waals surface area (Å²) >= 11 is 0. The molecule has 146 valence electrons. The molecule has 2 atom stereocenters. The molecule has 0 aliphatic carbocycles. The normalized spacial score (nSPS) is 19.7. The zero-order valence-corrected chi connectivity index (χ0v) is 16.6. The van der Waals surface area contributed by atoms with Crippen LogP contribution in [0.2, 0.25) is 0 Å². The van der Waals surface area contributed by atoms with Crippen molar-refractivity contribution in [2.45, 2.75) is 45.3 Å². The molecule has 0 saturated carbocycles. The lowest BCUT2D eigenvalue weighted by molar-refractivity contribution is 0.0454. The summed E-state index contributed by atoms with van der Waals surface area (Å²) in [5.41, 5.74) is 11.4. The molecule has 1 aliphatic heterocycles. The lowest BCUT2D eigenvalue weighted by Crippen LogP contribution is -2.45. The molecule has 0 spiro atoms. The lowest BCUT2D eigenvalue weighted by Gasteiger charge is -2.27. The average Bonchev–Trinajstić information content (AvgIpc) is 2.68. The number of nitriles is 1. The van der Waals surface area contributed by atoms with Crippen LogP contribution in [-0.4, -0.2) is 31.3 Å². The molecule has 3 N–H and O–H groups in total. The van der Waals surface area contributed by atoms with E-state index in [0.717, 1.165) is 30.4 Å². The topological polar surface area (TPSA) is 83.4 Å². The van der Waals surface area contributed by atoms with Crippen molar-refractivity contribution in [1.82, 2.24) is 5.32 Å². The highest BCUT2D eigenvalue weighted by molar-refractivity contribution is 5.78. The van der Waals surface area contributed by atoms with Crippen molar-refractivity contribution in [3.63, 3.8) is 0 Å². The number of aryl methyl sites for hydroxylation is 1. The van der Waals surface area contributed by atoms with Gasteiger partial charge in [0.05, 0.1) is 17.7 Å². The Bertz CT molecular complexity index is 884. The number of ether oxygens (including phenoxy) is 1. The summed E-state index contributed by atoms with van der Waals surface area (Å²) in [6, 6.07) is 16.6. The number of hydrogen-bond acceptors (Lipinski definition) is 5. The third-order valence-electron chi connectivity index (χ3n) is 5.17. The molecule has 2 unspecified atom stereocenters. The second-order valence-corrected chi connectivity index (χ2v) is 7.25. The monoisotopic (exact) mass is 376 g/mol. The van der Waals surface area contributed by atoms with Crippen molar-refractivity contribution in [2.75, 3.05) is 13.2 Å². The molecule has 2 aromatic carbocycles. The molecule has 1 aliphatic rings. The molecule has 0 aromatic heterocycles. The minimum Gasteiger partial charge on any atom is -0.378 e. The minimum atomic E-state index is 0.187. The predicted molar refractivity (Wildman–Crippen MR) is 113 cm³/mol. The number of nitrogens with two attached hydrogens (primary N) is 1. The van der Waals surface area contributed by atoms with Gasteiger partial charge < -0.3 is 15.8 Å². The van der Waals surface area contributed by atoms with Gasteiger partial charge in [0.1, 0.15) is 0 Å². The van der Waals surface area contributed by atoms with Crippen molar-refractivity contribution < 1.29 is 4.74 Å². The minimum absolute atomic E-state index is 0.187. The number of rotatable bonds is 5. The van der Waals surface area contributed by atoms with Crippen molar-refractivity contribution in [1.29, 1.82) is 5.26 Å². The third-order valence-corrected chi connectivity index (χ3v) is 5.17. The summed E-state index contributed by atoms with van der Waals surface area (Å²) in [6.07, 6.45) is 2.88. The maximum absolute atomic E-state index is 9.13. The second kappa shape index (κ2) is 9.38. The largest absolute Gasteiger partial charge is 0.378 e. The van der Waals surface area contributed by atoms with Gasteiger partial charge in [-0.25, -0.2) is 0 Å². The maximum atomic E-state index is 9.13. The number of aliphatic imine (C=N–C) groups is 1. The molecule has 28 heavy (non-hydrogen) atoms. The quantitative estimate of drug-likeness (QED) is 0.836. The molecule has 0 radical (unpaired) electrons. The fraction of sp³-hybridized carbons (Fsp3) is 0.391. The van der Waals surface area contributed by atoms with Gasteiger partial charge >= 0.3 is 0 Å². The summed E-state index contributed by atoms with van der Waals surface area (Å²) < 4.78 is 5.87. The highest BCUT2D eigenvalue weighted by atomic mass is 16.5. The smallest absolute Gasteiger partial charge is 0.188 e. The van der Waals surface area contributed by atoms with Crippen molar-refractivity contribution in [3.8, 4) is 17.2 Å². The van der Waals surface area contributed by atoms with E-state index in [4.69, 9.17) is 15.7 Å². The highest BCUT2D eigenvalue weighted by Gasteiger charge is 2.20. The van der Waals surface area contributed by atoms with E-state index < -0.39 is 0 Å². The average molecular weight is 377 g/mol. The Balaban J connectivity index is 1.78. The van der Waals surface area contributed by atoms with Crippen molar-refractivity contribution >= 4 is 5.96 Å². The fourth-order valence-electron chi connectivity index (χ4n) is 3.74. The van der Waals surface area contributed by atoms with E-state index in [-0.39, 0.29) is 12.1 Å². The maximum Gasteiger partial charge on any atom is 0.188 e. The SMILES string of the molecule is CCOC1CCN=C(N)NC(Cc2ccc(-c3cccc(C#N)c3)cc2C)C1. The van der Waals surface area contributed by atoms with Crippen LogP contribution >= 0.6 is 0 Å². The number of nitrogens with one attached hydrogen (secondary N) is 1. The molecule has 0 fully saturated rings. The molecular weight excluding hydrogens is 348 g/mol. The Kier molecular flexibility index (Phi) is 6.67. The standard InChI is InChI=1S/C23H28N4O/c1-3-28-22-9-10-26-23(25)27-21(14-22)13-18-7-8-20(11-16(18)2)19-6-4-5-17(12-19)15-24/h4-8,11-12,21-22H,3,9-10,13-14H2,1-2H3,(H3,25,26,27). The lowest BCUT2D eigenvalue weighted by atomic mass is 9.93. The van der Waals surface area contributed by atoms with Crippen LogP contribution in [0.4, 0.5) is 0 Å². The predicted octanol–water partition coefficient (Wildman–Crippen LogP) is 3.55. The Hall–Kier alpha value is -2.84. The van der Waals surface area contributed by atoms with E-state index in [1.807, 2.05) is 31.2 Å². The van der Waals surface area contributed by atoms with Gasteiger partial charge in [0.2, 0.25) is 0 Å². The van der Waals surface area contributed by atoms with E-state index >= 15 is 0 Å². The van der Waals surface area contributed by atoms with Gasteiger partial charge in [-0.2, -0.15) is 5.26 Å². The molecule has 1 heterocycles. The summed E-state index contributed by atoms with van der Waals surface area (Å²) in [6.45, 7) is 5.58. The Morgan fingerprint density at radius 2 is 2.07 bits per heavy atom. The molecule has 3 rings (SSSR count). The van der Waals surface area contributed by atoms with Crippen LogP contribution in [0.15, 0.2) is 47.5 Å². The Morgan fingerprint density at radius 1 is 1.25 bits per heavy atom. The number of guanidine groups is 1. The molecular formula is C23H28N4O. The third kappa shape index (κ3) is 5.11. The first-order valence-electron chi connectivity index (χ1n) is 9.87. The fourth-order valence-corrected chi connectivity index (χ4v) is 3.74. The number of benzene rings is 2. The molecule has 5 heteroatoms. The molecule has 0 bridgehead atoms. The molecule has 2 aromatic rings. The van der Waals surface area contributed by atoms with E-state index in [1.54, 1.807) is 0 Å². The zero-order valence-electron chi connectivity index (χ0n) is 16.6. The summed E-state index contributed by atoms with van der Waals surface area (Å²) in [5, 5.41) is 12.5. The van der Waals surface area contributed by atoms with Gasteiger partial charge in [0.25, 0.3) is 0 Å². The van der Waals surface area contributed by atoms with Crippen molar-refractivity contribution in [2.24, 2.45) is 10.7 Å². The van der Waals surface area contributed by atoms with Gasteiger partial charge in [-0.15, -0.1) is 0 Å². The van der Waals surface area contributed by atoms with Crippen LogP contribution < -0.4 is 11.1 Å². The van der Waals surface area contributed by atoms with Crippen LogP contribution in [0.25, 0.3) is 11.1 Å². The van der Waals surface area contributed by atoms with Crippen LogP contribution in [0.3, 0.4) is 0 Å². The van der Waals surface area contributed by atoms with Gasteiger partial charge in [0, 0.05) is 19.2 Å². The Labute approximate surface area is 167 Å². The van der Waals surface area contributed by atoms with Crippen molar-refractivity contribution in [3.05, 3.63) is 59.2 Å². The summed E-state index contributed by atoms with van der Waals surface area (Å²) in [5.74, 6) is 0.516. The first-order valence-corrected chi connectivity index (χ1v) is 9.87. The van der Waals surface area contributed by atoms with E-state index in [9.17, 15) is 0 Å². The van der Waals surface area contributed by atoms with E-state index in [2.05, 4.69) is 41.5 Å². The summed E-state index contributed by atoms with van der Waals surface area (Å²) in [7, 11) is 0. The highest BCUT2D eigenvalue weighted by Crippen LogP contribution is 2.25. The zero-order chi connectivity index (χ0) is 19.9. The number of nitrogens with zero attached hydrogens (tertiary/aromatic N) is 2. The molecule has 0 saturated heterocycles. The Morgan fingerprint density at radius 3 is 2.82 bits per heavy atom. The van der Waals surface area contributed by atoms with Crippen LogP contribution in [0.5, 0.6) is 0 Å².